The lowest BCUT2D eigenvalue weighted by atomic mass is 10.2. The predicted octanol–water partition coefficient (Wildman–Crippen LogP) is 1.72. The topological polar surface area (TPSA) is 51.4 Å². The number of nitrogens with zero attached hydrogens (tertiary/aromatic N) is 2. The standard InChI is InChI=1S/C12H12N2O2/c1-7-5-4-6-10-13-8(2)11(14(7)10)12(16)9(3)15/h4-6H,1-3H3. The number of imidazole rings is 1. The smallest absolute Gasteiger partial charge is 0.246 e. The van der Waals surface area contributed by atoms with E-state index in [1.807, 2.05) is 25.1 Å². The van der Waals surface area contributed by atoms with Gasteiger partial charge >= 0.3 is 0 Å². The molecule has 0 aliphatic heterocycles. The number of hydrogen-bond donors (Lipinski definition) is 0. The summed E-state index contributed by atoms with van der Waals surface area (Å²) < 4.78 is 1.72. The first-order chi connectivity index (χ1) is 7.52. The number of aromatic nitrogens is 2. The van der Waals surface area contributed by atoms with Crippen LogP contribution in [-0.2, 0) is 4.79 Å². The largest absolute Gasteiger partial charge is 0.294 e. The molecular formula is C12H12N2O2. The van der Waals surface area contributed by atoms with E-state index in [-0.39, 0.29) is 0 Å². The molecule has 0 saturated carbocycles. The Bertz CT molecular complexity index is 596. The number of carbonyl (C=O) groups is 2. The molecule has 2 aromatic rings. The molecule has 0 N–H and O–H groups in total. The van der Waals surface area contributed by atoms with Crippen molar-refractivity contribution in [2.45, 2.75) is 20.8 Å². The van der Waals surface area contributed by atoms with E-state index in [0.29, 0.717) is 17.0 Å². The van der Waals surface area contributed by atoms with Gasteiger partial charge in [0.15, 0.2) is 0 Å². The van der Waals surface area contributed by atoms with Gasteiger partial charge in [-0.25, -0.2) is 4.98 Å². The molecule has 2 aromatic heterocycles. The number of pyridine rings is 1. The number of aryl methyl sites for hydroxylation is 2. The minimum absolute atomic E-state index is 0.376. The number of Topliss-reactive ketones (excluding diaryl/α,β-unsaturated/α-hetero) is 2. The molecule has 0 atom stereocenters. The summed E-state index contributed by atoms with van der Waals surface area (Å²) in [5.41, 5.74) is 2.56. The van der Waals surface area contributed by atoms with Crippen LogP contribution in [0.2, 0.25) is 0 Å². The Balaban J connectivity index is 2.83. The van der Waals surface area contributed by atoms with Crippen LogP contribution in [0.25, 0.3) is 5.65 Å². The molecular weight excluding hydrogens is 204 g/mol. The van der Waals surface area contributed by atoms with Gasteiger partial charge in [0.05, 0.1) is 5.69 Å². The molecule has 4 heteroatoms. The number of ketones is 2. The second kappa shape index (κ2) is 3.56. The van der Waals surface area contributed by atoms with Crippen molar-refractivity contribution in [2.75, 3.05) is 0 Å². The van der Waals surface area contributed by atoms with Crippen molar-refractivity contribution in [1.82, 2.24) is 9.38 Å². The normalized spacial score (nSPS) is 10.7. The maximum absolute atomic E-state index is 11.8. The van der Waals surface area contributed by atoms with Crippen molar-refractivity contribution in [3.63, 3.8) is 0 Å². The van der Waals surface area contributed by atoms with Crippen LogP contribution in [0.15, 0.2) is 18.2 Å². The Morgan fingerprint density at radius 1 is 1.25 bits per heavy atom. The van der Waals surface area contributed by atoms with Gasteiger partial charge in [0, 0.05) is 12.6 Å². The van der Waals surface area contributed by atoms with Crippen LogP contribution >= 0.6 is 0 Å². The molecule has 0 fully saturated rings. The highest BCUT2D eigenvalue weighted by molar-refractivity contribution is 6.42. The number of fused-ring (bicyclic) bond motifs is 1. The summed E-state index contributed by atoms with van der Waals surface area (Å²) in [6, 6.07) is 5.57. The molecule has 82 valence electrons. The third-order valence-corrected chi connectivity index (χ3v) is 2.55. The maximum Gasteiger partial charge on any atom is 0.246 e. The molecule has 0 aliphatic carbocycles. The van der Waals surface area contributed by atoms with Gasteiger partial charge in [0.2, 0.25) is 11.6 Å². The molecule has 2 heterocycles. The quantitative estimate of drug-likeness (QED) is 0.567. The van der Waals surface area contributed by atoms with Crippen LogP contribution in [0.4, 0.5) is 0 Å². The molecule has 0 unspecified atom stereocenters. The fourth-order valence-corrected chi connectivity index (χ4v) is 1.80. The SMILES string of the molecule is CC(=O)C(=O)c1c(C)nc2cccc(C)n12. The number of rotatable bonds is 2. The summed E-state index contributed by atoms with van der Waals surface area (Å²) in [6.07, 6.45) is 0. The highest BCUT2D eigenvalue weighted by Crippen LogP contribution is 2.15. The van der Waals surface area contributed by atoms with Crippen molar-refractivity contribution < 1.29 is 9.59 Å². The van der Waals surface area contributed by atoms with E-state index in [2.05, 4.69) is 4.98 Å². The zero-order valence-electron chi connectivity index (χ0n) is 9.44. The first kappa shape index (κ1) is 10.5. The Hall–Kier alpha value is -1.97. The van der Waals surface area contributed by atoms with E-state index in [1.54, 1.807) is 11.3 Å². The third kappa shape index (κ3) is 1.43. The van der Waals surface area contributed by atoms with Crippen molar-refractivity contribution in [2.24, 2.45) is 0 Å². The fourth-order valence-electron chi connectivity index (χ4n) is 1.80. The Labute approximate surface area is 92.9 Å². The monoisotopic (exact) mass is 216 g/mol. The molecule has 0 radical (unpaired) electrons. The van der Waals surface area contributed by atoms with Gasteiger partial charge in [-0.2, -0.15) is 0 Å². The van der Waals surface area contributed by atoms with E-state index < -0.39 is 11.6 Å². The molecule has 16 heavy (non-hydrogen) atoms. The summed E-state index contributed by atoms with van der Waals surface area (Å²) in [5, 5.41) is 0. The molecule has 0 aliphatic rings. The summed E-state index contributed by atoms with van der Waals surface area (Å²) in [6.45, 7) is 4.90. The van der Waals surface area contributed by atoms with Crippen molar-refractivity contribution in [3.8, 4) is 0 Å². The summed E-state index contributed by atoms with van der Waals surface area (Å²) in [5.74, 6) is -0.951. The van der Waals surface area contributed by atoms with E-state index in [9.17, 15) is 9.59 Å². The van der Waals surface area contributed by atoms with Crippen LogP contribution in [0.1, 0.15) is 28.8 Å². The van der Waals surface area contributed by atoms with Gasteiger partial charge in [-0.15, -0.1) is 0 Å². The van der Waals surface area contributed by atoms with Gasteiger partial charge < -0.3 is 0 Å². The lowest BCUT2D eigenvalue weighted by Gasteiger charge is -2.03. The van der Waals surface area contributed by atoms with Crippen LogP contribution in [0.5, 0.6) is 0 Å². The Kier molecular flexibility index (Phi) is 2.34. The lowest BCUT2D eigenvalue weighted by molar-refractivity contribution is -0.113. The van der Waals surface area contributed by atoms with Gasteiger partial charge in [-0.05, 0) is 26.0 Å². The Morgan fingerprint density at radius 2 is 1.94 bits per heavy atom. The van der Waals surface area contributed by atoms with Gasteiger partial charge in [-0.3, -0.25) is 14.0 Å². The third-order valence-electron chi connectivity index (χ3n) is 2.55. The van der Waals surface area contributed by atoms with Crippen molar-refractivity contribution in [1.29, 1.82) is 0 Å². The highest BCUT2D eigenvalue weighted by atomic mass is 16.2. The van der Waals surface area contributed by atoms with Gasteiger partial charge in [0.1, 0.15) is 11.3 Å². The van der Waals surface area contributed by atoms with Gasteiger partial charge in [0.25, 0.3) is 0 Å². The van der Waals surface area contributed by atoms with Crippen LogP contribution in [-0.4, -0.2) is 21.0 Å². The molecule has 0 bridgehead atoms. The zero-order valence-corrected chi connectivity index (χ0v) is 9.44. The molecule has 0 amide bonds. The fraction of sp³-hybridized carbons (Fsp3) is 0.250. The lowest BCUT2D eigenvalue weighted by Crippen LogP contribution is -2.14. The average Bonchev–Trinajstić information content (AvgIpc) is 2.54. The second-order valence-electron chi connectivity index (χ2n) is 3.79. The average molecular weight is 216 g/mol. The van der Waals surface area contributed by atoms with E-state index in [0.717, 1.165) is 5.69 Å². The molecule has 2 rings (SSSR count). The van der Waals surface area contributed by atoms with Crippen molar-refractivity contribution in [3.05, 3.63) is 35.3 Å². The number of hydrogen-bond acceptors (Lipinski definition) is 3. The predicted molar refractivity (Wildman–Crippen MR) is 59.7 cm³/mol. The summed E-state index contributed by atoms with van der Waals surface area (Å²) >= 11 is 0. The maximum atomic E-state index is 11.8. The number of carbonyl (C=O) groups excluding carboxylic acids is 2. The van der Waals surface area contributed by atoms with Crippen LogP contribution in [0, 0.1) is 13.8 Å². The van der Waals surface area contributed by atoms with Gasteiger partial charge in [-0.1, -0.05) is 6.07 Å². The molecule has 0 aromatic carbocycles. The van der Waals surface area contributed by atoms with E-state index in [4.69, 9.17) is 0 Å². The first-order valence-corrected chi connectivity index (χ1v) is 5.02. The van der Waals surface area contributed by atoms with Crippen molar-refractivity contribution >= 4 is 17.2 Å². The summed E-state index contributed by atoms with van der Waals surface area (Å²) in [7, 11) is 0. The highest BCUT2D eigenvalue weighted by Gasteiger charge is 2.20. The van der Waals surface area contributed by atoms with Crippen LogP contribution < -0.4 is 0 Å². The Morgan fingerprint density at radius 3 is 2.56 bits per heavy atom. The molecule has 0 saturated heterocycles. The minimum atomic E-state index is -0.487. The molecule has 0 spiro atoms. The van der Waals surface area contributed by atoms with E-state index in [1.165, 1.54) is 6.92 Å². The molecule has 4 nitrogen and oxygen atoms in total. The summed E-state index contributed by atoms with van der Waals surface area (Å²) in [4.78, 5) is 27.2. The van der Waals surface area contributed by atoms with Crippen LogP contribution in [0.3, 0.4) is 0 Å². The first-order valence-electron chi connectivity index (χ1n) is 5.02. The van der Waals surface area contributed by atoms with E-state index >= 15 is 0 Å². The minimum Gasteiger partial charge on any atom is -0.294 e. The zero-order chi connectivity index (χ0) is 11.9. The second-order valence-corrected chi connectivity index (χ2v) is 3.79.